The number of pyridine rings is 1. The monoisotopic (exact) mass is 194 g/mol. The summed E-state index contributed by atoms with van der Waals surface area (Å²) in [6.45, 7) is 6.12. The number of nitrogens with two attached hydrogens (primary N) is 1. The molecular formula is C11H18N2O. The lowest BCUT2D eigenvalue weighted by Gasteiger charge is -2.09. The molecule has 0 amide bonds. The fourth-order valence-electron chi connectivity index (χ4n) is 1.19. The van der Waals surface area contributed by atoms with Crippen LogP contribution in [0, 0.1) is 5.92 Å². The fraction of sp³-hybridized carbons (Fsp3) is 0.545. The molecule has 0 aromatic carbocycles. The van der Waals surface area contributed by atoms with Gasteiger partial charge in [-0.05, 0) is 12.0 Å². The van der Waals surface area contributed by atoms with E-state index in [0.717, 1.165) is 17.9 Å². The van der Waals surface area contributed by atoms with Crippen LogP contribution in [0.2, 0.25) is 0 Å². The van der Waals surface area contributed by atoms with Gasteiger partial charge in [0, 0.05) is 24.9 Å². The summed E-state index contributed by atoms with van der Waals surface area (Å²) in [5.74, 6) is 0.563. The van der Waals surface area contributed by atoms with Gasteiger partial charge in [-0.25, -0.2) is 0 Å². The smallest absolute Gasteiger partial charge is 0.0735 e. The average molecular weight is 194 g/mol. The van der Waals surface area contributed by atoms with Crippen molar-refractivity contribution in [1.29, 1.82) is 0 Å². The quantitative estimate of drug-likeness (QED) is 0.776. The molecule has 78 valence electrons. The van der Waals surface area contributed by atoms with E-state index in [9.17, 15) is 0 Å². The van der Waals surface area contributed by atoms with Crippen molar-refractivity contribution in [2.24, 2.45) is 11.7 Å². The van der Waals surface area contributed by atoms with Gasteiger partial charge in [0.05, 0.1) is 12.3 Å². The van der Waals surface area contributed by atoms with Crippen molar-refractivity contribution in [2.75, 3.05) is 6.61 Å². The Morgan fingerprint density at radius 1 is 1.50 bits per heavy atom. The maximum Gasteiger partial charge on any atom is 0.0735 e. The van der Waals surface area contributed by atoms with E-state index in [-0.39, 0.29) is 0 Å². The molecule has 0 atom stereocenters. The molecule has 1 aromatic heterocycles. The second-order valence-corrected chi connectivity index (χ2v) is 3.72. The van der Waals surface area contributed by atoms with E-state index in [0.29, 0.717) is 19.1 Å². The van der Waals surface area contributed by atoms with Crippen LogP contribution in [0.25, 0.3) is 0 Å². The highest BCUT2D eigenvalue weighted by atomic mass is 16.5. The van der Waals surface area contributed by atoms with Crippen molar-refractivity contribution in [1.82, 2.24) is 4.98 Å². The Balaban J connectivity index is 2.49. The highest BCUT2D eigenvalue weighted by Gasteiger charge is 2.01. The van der Waals surface area contributed by atoms with Crippen molar-refractivity contribution in [2.45, 2.75) is 27.0 Å². The van der Waals surface area contributed by atoms with Crippen molar-refractivity contribution in [3.05, 3.63) is 29.6 Å². The van der Waals surface area contributed by atoms with Crippen LogP contribution in [-0.4, -0.2) is 11.6 Å². The highest BCUT2D eigenvalue weighted by Crippen LogP contribution is 2.07. The maximum absolute atomic E-state index is 5.56. The van der Waals surface area contributed by atoms with Gasteiger partial charge < -0.3 is 10.5 Å². The summed E-state index contributed by atoms with van der Waals surface area (Å²) in [4.78, 5) is 4.19. The van der Waals surface area contributed by atoms with Crippen molar-refractivity contribution >= 4 is 0 Å². The van der Waals surface area contributed by atoms with Crippen molar-refractivity contribution < 1.29 is 4.74 Å². The van der Waals surface area contributed by atoms with Gasteiger partial charge in [0.25, 0.3) is 0 Å². The summed E-state index contributed by atoms with van der Waals surface area (Å²) < 4.78 is 5.53. The Morgan fingerprint density at radius 2 is 2.29 bits per heavy atom. The lowest BCUT2D eigenvalue weighted by atomic mass is 10.2. The van der Waals surface area contributed by atoms with E-state index in [2.05, 4.69) is 18.8 Å². The molecule has 3 nitrogen and oxygen atoms in total. The maximum atomic E-state index is 5.56. The molecule has 3 heteroatoms. The molecule has 0 unspecified atom stereocenters. The SMILES string of the molecule is CC(C)COCc1cccnc1CN. The van der Waals surface area contributed by atoms with Crippen molar-refractivity contribution in [3.63, 3.8) is 0 Å². The fourth-order valence-corrected chi connectivity index (χ4v) is 1.19. The molecule has 2 N–H and O–H groups in total. The van der Waals surface area contributed by atoms with Gasteiger partial charge in [-0.15, -0.1) is 0 Å². The molecule has 0 spiro atoms. The molecule has 14 heavy (non-hydrogen) atoms. The van der Waals surface area contributed by atoms with E-state index >= 15 is 0 Å². The Hall–Kier alpha value is -0.930. The molecule has 1 heterocycles. The molecule has 0 fully saturated rings. The van der Waals surface area contributed by atoms with Crippen LogP contribution in [0.5, 0.6) is 0 Å². The molecule has 0 aliphatic rings. The molecule has 1 rings (SSSR count). The largest absolute Gasteiger partial charge is 0.376 e. The topological polar surface area (TPSA) is 48.1 Å². The Bertz CT molecular complexity index is 274. The zero-order chi connectivity index (χ0) is 10.4. The van der Waals surface area contributed by atoms with Crippen LogP contribution < -0.4 is 5.73 Å². The summed E-state index contributed by atoms with van der Waals surface area (Å²) in [6.07, 6.45) is 1.76. The summed E-state index contributed by atoms with van der Waals surface area (Å²) in [6, 6.07) is 3.92. The van der Waals surface area contributed by atoms with E-state index in [1.165, 1.54) is 0 Å². The molecule has 0 bridgehead atoms. The number of hydrogen-bond acceptors (Lipinski definition) is 3. The summed E-state index contributed by atoms with van der Waals surface area (Å²) in [5, 5.41) is 0. The van der Waals surface area contributed by atoms with Crippen LogP contribution >= 0.6 is 0 Å². The van der Waals surface area contributed by atoms with Gasteiger partial charge in [-0.2, -0.15) is 0 Å². The molecule has 0 aliphatic carbocycles. The van der Waals surface area contributed by atoms with Crippen molar-refractivity contribution in [3.8, 4) is 0 Å². The zero-order valence-corrected chi connectivity index (χ0v) is 8.86. The third-order valence-corrected chi connectivity index (χ3v) is 1.89. The molecule has 0 saturated carbocycles. The minimum Gasteiger partial charge on any atom is -0.376 e. The normalized spacial score (nSPS) is 10.9. The third kappa shape index (κ3) is 3.44. The molecule has 0 aliphatic heterocycles. The number of hydrogen-bond donors (Lipinski definition) is 1. The first kappa shape index (κ1) is 11.1. The minimum absolute atomic E-state index is 0.473. The first-order valence-corrected chi connectivity index (χ1v) is 4.94. The van der Waals surface area contributed by atoms with Crippen LogP contribution in [0.3, 0.4) is 0 Å². The summed E-state index contributed by atoms with van der Waals surface area (Å²) >= 11 is 0. The van der Waals surface area contributed by atoms with Crippen LogP contribution in [-0.2, 0) is 17.9 Å². The molecule has 1 aromatic rings. The lowest BCUT2D eigenvalue weighted by Crippen LogP contribution is -2.07. The van der Waals surface area contributed by atoms with Gasteiger partial charge in [0.1, 0.15) is 0 Å². The van der Waals surface area contributed by atoms with Gasteiger partial charge in [-0.3, -0.25) is 4.98 Å². The zero-order valence-electron chi connectivity index (χ0n) is 8.86. The minimum atomic E-state index is 0.473. The second kappa shape index (κ2) is 5.73. The van der Waals surface area contributed by atoms with E-state index < -0.39 is 0 Å². The number of ether oxygens (including phenoxy) is 1. The summed E-state index contributed by atoms with van der Waals surface area (Å²) in [5.41, 5.74) is 7.58. The molecular weight excluding hydrogens is 176 g/mol. The molecule has 0 radical (unpaired) electrons. The van der Waals surface area contributed by atoms with E-state index in [1.54, 1.807) is 6.20 Å². The van der Waals surface area contributed by atoms with Gasteiger partial charge in [0.2, 0.25) is 0 Å². The number of nitrogens with zero attached hydrogens (tertiary/aromatic N) is 1. The standard InChI is InChI=1S/C11H18N2O/c1-9(2)7-14-8-10-4-3-5-13-11(10)6-12/h3-5,9H,6-8,12H2,1-2H3. The van der Waals surface area contributed by atoms with Gasteiger partial charge >= 0.3 is 0 Å². The van der Waals surface area contributed by atoms with Crippen LogP contribution in [0.15, 0.2) is 18.3 Å². The lowest BCUT2D eigenvalue weighted by molar-refractivity contribution is 0.0963. The predicted molar refractivity (Wildman–Crippen MR) is 56.6 cm³/mol. The Morgan fingerprint density at radius 3 is 2.93 bits per heavy atom. The first-order valence-electron chi connectivity index (χ1n) is 4.94. The van der Waals surface area contributed by atoms with E-state index in [1.807, 2.05) is 12.1 Å². The molecule has 0 saturated heterocycles. The summed E-state index contributed by atoms with van der Waals surface area (Å²) in [7, 11) is 0. The first-order chi connectivity index (χ1) is 6.74. The van der Waals surface area contributed by atoms with Gasteiger partial charge in [-0.1, -0.05) is 19.9 Å². The predicted octanol–water partition coefficient (Wildman–Crippen LogP) is 1.71. The van der Waals surface area contributed by atoms with Crippen LogP contribution in [0.1, 0.15) is 25.1 Å². The highest BCUT2D eigenvalue weighted by molar-refractivity contribution is 5.18. The van der Waals surface area contributed by atoms with E-state index in [4.69, 9.17) is 10.5 Å². The Labute approximate surface area is 85.3 Å². The van der Waals surface area contributed by atoms with Crippen LogP contribution in [0.4, 0.5) is 0 Å². The Kier molecular flexibility index (Phi) is 4.56. The number of rotatable bonds is 5. The number of aromatic nitrogens is 1. The second-order valence-electron chi connectivity index (χ2n) is 3.72. The average Bonchev–Trinajstić information content (AvgIpc) is 2.18. The third-order valence-electron chi connectivity index (χ3n) is 1.89. The van der Waals surface area contributed by atoms with Gasteiger partial charge in [0.15, 0.2) is 0 Å².